The van der Waals surface area contributed by atoms with Gasteiger partial charge in [-0.15, -0.1) is 0 Å². The summed E-state index contributed by atoms with van der Waals surface area (Å²) in [5.74, 6) is 0.679. The number of rotatable bonds is 5. The van der Waals surface area contributed by atoms with Crippen LogP contribution in [0, 0.1) is 23.2 Å². The lowest BCUT2D eigenvalue weighted by Crippen LogP contribution is -2.45. The Labute approximate surface area is 131 Å². The average Bonchev–Trinajstić information content (AvgIpc) is 2.64. The quantitative estimate of drug-likeness (QED) is 0.577. The number of hydrogen-bond donors (Lipinski definition) is 0. The molecule has 5 atom stereocenters. The van der Waals surface area contributed by atoms with Crippen LogP contribution < -0.4 is 0 Å². The van der Waals surface area contributed by atoms with E-state index in [2.05, 4.69) is 0 Å². The normalized spacial score (nSPS) is 36.9. The first-order chi connectivity index (χ1) is 10.4. The highest BCUT2D eigenvalue weighted by molar-refractivity contribution is 5.75. The first-order valence-corrected chi connectivity index (χ1v) is 8.40. The molecule has 2 saturated heterocycles. The van der Waals surface area contributed by atoms with E-state index in [1.54, 1.807) is 0 Å². The number of fused-ring (bicyclic) bond motifs is 1. The second-order valence-corrected chi connectivity index (χ2v) is 7.66. The lowest BCUT2D eigenvalue weighted by atomic mass is 9.67. The van der Waals surface area contributed by atoms with Crippen molar-refractivity contribution in [2.24, 2.45) is 23.2 Å². The smallest absolute Gasteiger partial charge is 0.313 e. The molecule has 0 aromatic carbocycles. The van der Waals surface area contributed by atoms with Crippen LogP contribution in [0.15, 0.2) is 0 Å². The van der Waals surface area contributed by atoms with Gasteiger partial charge in [-0.05, 0) is 57.8 Å². The lowest BCUT2D eigenvalue weighted by molar-refractivity contribution is -0.190. The summed E-state index contributed by atoms with van der Waals surface area (Å²) in [6, 6.07) is 0. The molecule has 2 saturated carbocycles. The SMILES string of the molecule is CCC(C)(C)C(=O)OCOC1C2CC3CC(C2)C(=O)OC1C3. The van der Waals surface area contributed by atoms with Gasteiger partial charge >= 0.3 is 11.9 Å². The van der Waals surface area contributed by atoms with Crippen molar-refractivity contribution in [1.29, 1.82) is 0 Å². The van der Waals surface area contributed by atoms with E-state index in [0.717, 1.165) is 32.1 Å². The van der Waals surface area contributed by atoms with Gasteiger partial charge in [0.15, 0.2) is 6.79 Å². The minimum absolute atomic E-state index is 0.0453. The first-order valence-electron chi connectivity index (χ1n) is 8.40. The maximum absolute atomic E-state index is 12.0. The topological polar surface area (TPSA) is 61.8 Å². The largest absolute Gasteiger partial charge is 0.459 e. The molecule has 0 radical (unpaired) electrons. The van der Waals surface area contributed by atoms with Crippen molar-refractivity contribution >= 4 is 11.9 Å². The van der Waals surface area contributed by atoms with Crippen LogP contribution >= 0.6 is 0 Å². The van der Waals surface area contributed by atoms with Crippen molar-refractivity contribution in [3.8, 4) is 0 Å². The summed E-state index contributed by atoms with van der Waals surface area (Å²) in [6.45, 7) is 5.65. The van der Waals surface area contributed by atoms with Crippen LogP contribution in [0.2, 0.25) is 0 Å². The lowest BCUT2D eigenvalue weighted by Gasteiger charge is -2.41. The molecule has 4 bridgehead atoms. The van der Waals surface area contributed by atoms with Gasteiger partial charge in [0.1, 0.15) is 12.2 Å². The van der Waals surface area contributed by atoms with Gasteiger partial charge in [0.05, 0.1) is 11.3 Å². The Balaban J connectivity index is 1.57. The molecule has 0 amide bonds. The molecule has 4 aliphatic rings. The summed E-state index contributed by atoms with van der Waals surface area (Å²) in [5, 5.41) is 0. The number of carbonyl (C=O) groups excluding carboxylic acids is 2. The van der Waals surface area contributed by atoms with Gasteiger partial charge in [-0.25, -0.2) is 0 Å². The third-order valence-electron chi connectivity index (χ3n) is 5.73. The molecule has 22 heavy (non-hydrogen) atoms. The molecule has 124 valence electrons. The van der Waals surface area contributed by atoms with Crippen LogP contribution in [-0.2, 0) is 23.8 Å². The number of ether oxygens (including phenoxy) is 3. The Morgan fingerprint density at radius 2 is 2.05 bits per heavy atom. The van der Waals surface area contributed by atoms with Crippen LogP contribution in [-0.4, -0.2) is 30.9 Å². The zero-order valence-corrected chi connectivity index (χ0v) is 13.7. The van der Waals surface area contributed by atoms with Crippen molar-refractivity contribution in [3.05, 3.63) is 0 Å². The zero-order chi connectivity index (χ0) is 15.9. The van der Waals surface area contributed by atoms with Gasteiger partial charge in [-0.1, -0.05) is 6.92 Å². The van der Waals surface area contributed by atoms with E-state index in [0.29, 0.717) is 11.8 Å². The van der Waals surface area contributed by atoms with E-state index in [9.17, 15) is 9.59 Å². The third-order valence-corrected chi connectivity index (χ3v) is 5.73. The van der Waals surface area contributed by atoms with Gasteiger partial charge in [-0.3, -0.25) is 9.59 Å². The average molecular weight is 310 g/mol. The van der Waals surface area contributed by atoms with E-state index in [-0.39, 0.29) is 36.9 Å². The molecule has 2 heterocycles. The monoisotopic (exact) mass is 310 g/mol. The van der Waals surface area contributed by atoms with Crippen molar-refractivity contribution in [1.82, 2.24) is 0 Å². The van der Waals surface area contributed by atoms with Crippen LogP contribution in [0.4, 0.5) is 0 Å². The van der Waals surface area contributed by atoms with E-state index >= 15 is 0 Å². The van der Waals surface area contributed by atoms with Crippen LogP contribution in [0.1, 0.15) is 52.9 Å². The molecule has 2 aliphatic carbocycles. The van der Waals surface area contributed by atoms with E-state index in [4.69, 9.17) is 14.2 Å². The fourth-order valence-electron chi connectivity index (χ4n) is 4.01. The van der Waals surface area contributed by atoms with Gasteiger partial charge in [-0.2, -0.15) is 0 Å². The molecular formula is C17H26O5. The fourth-order valence-corrected chi connectivity index (χ4v) is 4.01. The molecule has 0 aromatic rings. The highest BCUT2D eigenvalue weighted by atomic mass is 16.7. The summed E-state index contributed by atoms with van der Waals surface area (Å²) in [5.41, 5.74) is -0.489. The predicted molar refractivity (Wildman–Crippen MR) is 78.7 cm³/mol. The number of carbonyl (C=O) groups is 2. The highest BCUT2D eigenvalue weighted by Gasteiger charge is 2.50. The van der Waals surface area contributed by atoms with Gasteiger partial charge in [0.2, 0.25) is 0 Å². The van der Waals surface area contributed by atoms with Gasteiger partial charge in [0, 0.05) is 0 Å². The molecule has 0 spiro atoms. The maximum Gasteiger partial charge on any atom is 0.313 e. The molecule has 5 nitrogen and oxygen atoms in total. The minimum atomic E-state index is -0.489. The molecule has 0 aromatic heterocycles. The summed E-state index contributed by atoms with van der Waals surface area (Å²) in [4.78, 5) is 24.0. The van der Waals surface area contributed by atoms with E-state index in [1.807, 2.05) is 20.8 Å². The molecule has 0 N–H and O–H groups in total. The number of esters is 2. The molecule has 4 rings (SSSR count). The van der Waals surface area contributed by atoms with Crippen molar-refractivity contribution in [2.45, 2.75) is 65.1 Å². The Morgan fingerprint density at radius 3 is 2.77 bits per heavy atom. The molecule has 2 aliphatic heterocycles. The number of hydrogen-bond acceptors (Lipinski definition) is 5. The summed E-state index contributed by atoms with van der Waals surface area (Å²) in [6.07, 6.45) is 4.25. The molecule has 5 heteroatoms. The minimum Gasteiger partial charge on any atom is -0.459 e. The van der Waals surface area contributed by atoms with Gasteiger partial charge < -0.3 is 14.2 Å². The van der Waals surface area contributed by atoms with Crippen LogP contribution in [0.25, 0.3) is 0 Å². The van der Waals surface area contributed by atoms with Crippen molar-refractivity contribution < 1.29 is 23.8 Å². The second kappa shape index (κ2) is 5.84. The van der Waals surface area contributed by atoms with Crippen molar-refractivity contribution in [2.75, 3.05) is 6.79 Å². The summed E-state index contributed by atoms with van der Waals surface area (Å²) in [7, 11) is 0. The zero-order valence-electron chi connectivity index (χ0n) is 13.7. The Morgan fingerprint density at radius 1 is 1.27 bits per heavy atom. The van der Waals surface area contributed by atoms with Crippen LogP contribution in [0.3, 0.4) is 0 Å². The predicted octanol–water partition coefficient (Wildman–Crippen LogP) is 2.67. The highest BCUT2D eigenvalue weighted by Crippen LogP contribution is 2.48. The van der Waals surface area contributed by atoms with E-state index in [1.165, 1.54) is 0 Å². The first kappa shape index (κ1) is 15.8. The maximum atomic E-state index is 12.0. The van der Waals surface area contributed by atoms with E-state index < -0.39 is 5.41 Å². The summed E-state index contributed by atoms with van der Waals surface area (Å²) < 4.78 is 16.7. The summed E-state index contributed by atoms with van der Waals surface area (Å²) >= 11 is 0. The third kappa shape index (κ3) is 2.87. The standard InChI is InChI=1S/C17H26O5/c1-4-17(2,3)16(19)21-9-20-14-11-5-10-6-12(8-11)15(18)22-13(14)7-10/h10-14H,4-9H2,1-3H3. The Hall–Kier alpha value is -1.10. The molecule has 5 unspecified atom stereocenters. The van der Waals surface area contributed by atoms with Crippen molar-refractivity contribution in [3.63, 3.8) is 0 Å². The Kier molecular flexibility index (Phi) is 4.19. The van der Waals surface area contributed by atoms with Crippen LogP contribution in [0.5, 0.6) is 0 Å². The second-order valence-electron chi connectivity index (χ2n) is 7.66. The molecule has 4 fully saturated rings. The fraction of sp³-hybridized carbons (Fsp3) is 0.882. The molecular weight excluding hydrogens is 284 g/mol. The van der Waals surface area contributed by atoms with Gasteiger partial charge in [0.25, 0.3) is 0 Å². The Bertz CT molecular complexity index is 458.